The van der Waals surface area contributed by atoms with Crippen molar-refractivity contribution in [2.24, 2.45) is 0 Å². The Morgan fingerprint density at radius 2 is 1.96 bits per heavy atom. The van der Waals surface area contributed by atoms with E-state index in [-0.39, 0.29) is 0 Å². The first-order valence-corrected chi connectivity index (χ1v) is 8.65. The van der Waals surface area contributed by atoms with Crippen LogP contribution in [0.1, 0.15) is 35.6 Å². The van der Waals surface area contributed by atoms with Gasteiger partial charge < -0.3 is 10.2 Å². The van der Waals surface area contributed by atoms with Crippen LogP contribution in [-0.2, 0) is 12.6 Å². The molecule has 0 aliphatic carbocycles. The van der Waals surface area contributed by atoms with Gasteiger partial charge in [-0.3, -0.25) is 0 Å². The highest BCUT2D eigenvalue weighted by Gasteiger charge is 2.32. The fraction of sp³-hybridized carbons (Fsp3) is 0.500. The number of hydrogen-bond acceptors (Lipinski definition) is 3. The summed E-state index contributed by atoms with van der Waals surface area (Å²) in [5.74, 6) is 1.33. The van der Waals surface area contributed by atoms with Crippen molar-refractivity contribution in [2.45, 2.75) is 31.4 Å². The van der Waals surface area contributed by atoms with Gasteiger partial charge in [0.1, 0.15) is 5.82 Å². The van der Waals surface area contributed by atoms with Crippen molar-refractivity contribution in [3.8, 4) is 5.69 Å². The largest absolute Gasteiger partial charge is 0.416 e. The van der Waals surface area contributed by atoms with Crippen molar-refractivity contribution in [1.29, 1.82) is 0 Å². The van der Waals surface area contributed by atoms with Crippen molar-refractivity contribution in [1.82, 2.24) is 14.7 Å². The molecule has 1 aromatic carbocycles. The second-order valence-corrected chi connectivity index (χ2v) is 6.95. The summed E-state index contributed by atoms with van der Waals surface area (Å²) in [6.45, 7) is 2.94. The predicted molar refractivity (Wildman–Crippen MR) is 90.2 cm³/mol. The second-order valence-electron chi connectivity index (χ2n) is 6.95. The number of hydrogen-bond donors (Lipinski definition) is 1. The summed E-state index contributed by atoms with van der Waals surface area (Å²) in [7, 11) is 2.12. The van der Waals surface area contributed by atoms with Crippen LogP contribution in [0.4, 0.5) is 19.0 Å². The number of alkyl halides is 3. The van der Waals surface area contributed by atoms with Crippen molar-refractivity contribution >= 4 is 5.82 Å². The minimum atomic E-state index is -4.32. The van der Waals surface area contributed by atoms with Crippen LogP contribution < -0.4 is 5.32 Å². The summed E-state index contributed by atoms with van der Waals surface area (Å²) >= 11 is 0. The Morgan fingerprint density at radius 1 is 1.20 bits per heavy atom. The summed E-state index contributed by atoms with van der Waals surface area (Å²) in [5.41, 5.74) is 2.35. The number of nitrogens with zero attached hydrogens (tertiary/aromatic N) is 3. The van der Waals surface area contributed by atoms with Gasteiger partial charge >= 0.3 is 6.18 Å². The zero-order valence-corrected chi connectivity index (χ0v) is 14.1. The van der Waals surface area contributed by atoms with Gasteiger partial charge in [0.15, 0.2) is 0 Å². The average Bonchev–Trinajstić information content (AvgIpc) is 3.16. The summed E-state index contributed by atoms with van der Waals surface area (Å²) < 4.78 is 40.1. The van der Waals surface area contributed by atoms with Gasteiger partial charge in [0.25, 0.3) is 0 Å². The van der Waals surface area contributed by atoms with Crippen LogP contribution >= 0.6 is 0 Å². The molecule has 0 spiro atoms. The third-order valence-electron chi connectivity index (χ3n) is 5.13. The minimum absolute atomic E-state index is 0.392. The van der Waals surface area contributed by atoms with Gasteiger partial charge in [0.05, 0.1) is 16.9 Å². The van der Waals surface area contributed by atoms with Crippen molar-refractivity contribution in [3.63, 3.8) is 0 Å². The fourth-order valence-corrected chi connectivity index (χ4v) is 3.90. The highest BCUT2D eigenvalue weighted by atomic mass is 19.4. The molecule has 1 aromatic heterocycles. The quantitative estimate of drug-likeness (QED) is 0.897. The van der Waals surface area contributed by atoms with Crippen LogP contribution in [0.15, 0.2) is 24.3 Å². The van der Waals surface area contributed by atoms with E-state index in [0.717, 1.165) is 62.5 Å². The van der Waals surface area contributed by atoms with Crippen molar-refractivity contribution < 1.29 is 13.2 Å². The number of rotatable bonds is 2. The Hall–Kier alpha value is -2.02. The van der Waals surface area contributed by atoms with Gasteiger partial charge in [-0.15, -0.1) is 0 Å². The summed E-state index contributed by atoms with van der Waals surface area (Å²) in [5, 5.41) is 8.15. The number of nitrogens with one attached hydrogen (secondary N) is 1. The Bertz CT molecular complexity index is 764. The van der Waals surface area contributed by atoms with E-state index in [1.807, 2.05) is 0 Å². The van der Waals surface area contributed by atoms with Crippen molar-refractivity contribution in [2.75, 3.05) is 32.0 Å². The number of likely N-dealkylation sites (N-methyl/N-ethyl adjacent to an activating group) is 1. The molecule has 0 saturated carbocycles. The lowest BCUT2D eigenvalue weighted by molar-refractivity contribution is -0.137. The van der Waals surface area contributed by atoms with Crippen LogP contribution in [0, 0.1) is 0 Å². The molecule has 3 heterocycles. The van der Waals surface area contributed by atoms with Gasteiger partial charge in [0, 0.05) is 24.6 Å². The molecule has 4 rings (SSSR count). The van der Waals surface area contributed by atoms with E-state index in [2.05, 4.69) is 17.3 Å². The van der Waals surface area contributed by atoms with E-state index in [4.69, 9.17) is 5.10 Å². The van der Waals surface area contributed by atoms with E-state index >= 15 is 0 Å². The number of fused-ring (bicyclic) bond motifs is 1. The van der Waals surface area contributed by atoms with Crippen LogP contribution in [0.3, 0.4) is 0 Å². The monoisotopic (exact) mass is 350 g/mol. The fourth-order valence-electron chi connectivity index (χ4n) is 3.90. The topological polar surface area (TPSA) is 33.1 Å². The molecule has 1 atom stereocenters. The second kappa shape index (κ2) is 6.05. The molecule has 25 heavy (non-hydrogen) atoms. The Balaban J connectivity index is 1.70. The molecule has 2 aromatic rings. The predicted octanol–water partition coefficient (Wildman–Crippen LogP) is 3.67. The molecular weight excluding hydrogens is 329 g/mol. The van der Waals surface area contributed by atoms with Crippen LogP contribution in [-0.4, -0.2) is 41.4 Å². The van der Waals surface area contributed by atoms with Crippen molar-refractivity contribution in [3.05, 3.63) is 41.1 Å². The molecule has 7 heteroatoms. The standard InChI is InChI=1S/C18H21F3N4/c1-24-10-2-3-12(11-24)16-15-8-9-22-17(15)25(23-16)14-6-4-13(5-7-14)18(19,20)21/h4-7,12,22H,2-3,8-11H2,1H3. The average molecular weight is 350 g/mol. The Labute approximate surface area is 144 Å². The highest BCUT2D eigenvalue weighted by molar-refractivity contribution is 5.58. The third-order valence-corrected chi connectivity index (χ3v) is 5.13. The van der Waals surface area contributed by atoms with Gasteiger partial charge in [-0.2, -0.15) is 18.3 Å². The van der Waals surface area contributed by atoms with E-state index in [9.17, 15) is 13.2 Å². The molecule has 2 aliphatic rings. The van der Waals surface area contributed by atoms with Gasteiger partial charge in [-0.1, -0.05) is 0 Å². The maximum atomic E-state index is 12.8. The van der Waals surface area contributed by atoms with Gasteiger partial charge in [-0.25, -0.2) is 4.68 Å². The number of anilines is 1. The first kappa shape index (κ1) is 16.4. The maximum absolute atomic E-state index is 12.8. The first-order chi connectivity index (χ1) is 11.9. The summed E-state index contributed by atoms with van der Waals surface area (Å²) in [6.07, 6.45) is -1.14. The highest BCUT2D eigenvalue weighted by Crippen LogP contribution is 2.36. The Morgan fingerprint density at radius 3 is 2.64 bits per heavy atom. The van der Waals surface area contributed by atoms with Gasteiger partial charge in [0.2, 0.25) is 0 Å². The number of piperidine rings is 1. The smallest absolute Gasteiger partial charge is 0.369 e. The molecular formula is C18H21F3N4. The maximum Gasteiger partial charge on any atom is 0.416 e. The lowest BCUT2D eigenvalue weighted by Crippen LogP contribution is -2.31. The molecule has 134 valence electrons. The zero-order chi connectivity index (χ0) is 17.6. The van der Waals surface area contributed by atoms with Gasteiger partial charge in [-0.05, 0) is 57.1 Å². The van der Waals surface area contributed by atoms with Crippen LogP contribution in [0.5, 0.6) is 0 Å². The molecule has 1 unspecified atom stereocenters. The van der Waals surface area contributed by atoms with E-state index in [0.29, 0.717) is 11.6 Å². The summed E-state index contributed by atoms with van der Waals surface area (Å²) in [6, 6.07) is 5.22. The number of likely N-dealkylation sites (tertiary alicyclic amines) is 1. The third kappa shape index (κ3) is 3.01. The van der Waals surface area contributed by atoms with Crippen LogP contribution in [0.25, 0.3) is 5.69 Å². The molecule has 1 fully saturated rings. The number of benzene rings is 1. The zero-order valence-electron chi connectivity index (χ0n) is 14.1. The molecule has 0 radical (unpaired) electrons. The molecule has 0 amide bonds. The SMILES string of the molecule is CN1CCCC(c2nn(-c3ccc(C(F)(F)F)cc3)c3c2CCN3)C1. The molecule has 1 saturated heterocycles. The lowest BCUT2D eigenvalue weighted by Gasteiger charge is -2.29. The van der Waals surface area contributed by atoms with E-state index in [1.54, 1.807) is 4.68 Å². The number of aromatic nitrogens is 2. The lowest BCUT2D eigenvalue weighted by atomic mass is 9.92. The molecule has 2 aliphatic heterocycles. The molecule has 4 nitrogen and oxygen atoms in total. The normalized spacial score (nSPS) is 21.2. The molecule has 1 N–H and O–H groups in total. The Kier molecular flexibility index (Phi) is 3.98. The minimum Gasteiger partial charge on any atom is -0.369 e. The van der Waals surface area contributed by atoms with E-state index in [1.165, 1.54) is 17.7 Å². The molecule has 0 bridgehead atoms. The first-order valence-electron chi connectivity index (χ1n) is 8.65. The number of halogens is 3. The van der Waals surface area contributed by atoms with E-state index < -0.39 is 11.7 Å². The summed E-state index contributed by atoms with van der Waals surface area (Å²) in [4.78, 5) is 2.32. The van der Waals surface area contributed by atoms with Crippen LogP contribution in [0.2, 0.25) is 0 Å².